The van der Waals surface area contributed by atoms with Crippen molar-refractivity contribution in [1.82, 2.24) is 4.98 Å². The molecule has 0 aliphatic rings. The van der Waals surface area contributed by atoms with E-state index in [1.165, 1.54) is 22.7 Å². The van der Waals surface area contributed by atoms with Crippen LogP contribution in [0.1, 0.15) is 33.1 Å². The van der Waals surface area contributed by atoms with Gasteiger partial charge < -0.3 is 4.74 Å². The SMILES string of the molecule is Cc1ccc(C(=O)CCC(=O)OCc2csc(-c3ccccc3)n2)s1. The lowest BCUT2D eigenvalue weighted by Gasteiger charge is -2.02. The maximum absolute atomic E-state index is 12.0. The number of hydrogen-bond donors (Lipinski definition) is 0. The molecule has 0 fully saturated rings. The molecule has 3 aromatic rings. The van der Waals surface area contributed by atoms with Crippen molar-refractivity contribution in [3.8, 4) is 10.6 Å². The summed E-state index contributed by atoms with van der Waals surface area (Å²) in [7, 11) is 0. The zero-order chi connectivity index (χ0) is 17.6. The molecule has 0 radical (unpaired) electrons. The first-order chi connectivity index (χ1) is 12.1. The number of carbonyl (C=O) groups is 2. The molecule has 3 rings (SSSR count). The number of thiophene rings is 1. The van der Waals surface area contributed by atoms with E-state index < -0.39 is 0 Å². The van der Waals surface area contributed by atoms with Gasteiger partial charge in [-0.3, -0.25) is 9.59 Å². The fourth-order valence-corrected chi connectivity index (χ4v) is 3.88. The summed E-state index contributed by atoms with van der Waals surface area (Å²) in [5, 5.41) is 2.78. The van der Waals surface area contributed by atoms with Gasteiger partial charge in [0.05, 0.1) is 17.0 Å². The van der Waals surface area contributed by atoms with Gasteiger partial charge in [0.25, 0.3) is 0 Å². The number of ketones is 1. The van der Waals surface area contributed by atoms with Crippen LogP contribution in [0.15, 0.2) is 47.8 Å². The Morgan fingerprint density at radius 1 is 1.08 bits per heavy atom. The van der Waals surface area contributed by atoms with Crippen LogP contribution in [0, 0.1) is 6.92 Å². The van der Waals surface area contributed by atoms with Gasteiger partial charge in [-0.25, -0.2) is 4.98 Å². The first-order valence-electron chi connectivity index (χ1n) is 7.87. The number of aromatic nitrogens is 1. The van der Waals surface area contributed by atoms with Gasteiger partial charge in [0.15, 0.2) is 5.78 Å². The van der Waals surface area contributed by atoms with E-state index in [0.717, 1.165) is 21.1 Å². The summed E-state index contributed by atoms with van der Waals surface area (Å²) in [5.74, 6) is -0.397. The zero-order valence-electron chi connectivity index (χ0n) is 13.7. The Hall–Kier alpha value is -2.31. The van der Waals surface area contributed by atoms with Crippen LogP contribution >= 0.6 is 22.7 Å². The Morgan fingerprint density at radius 3 is 2.60 bits per heavy atom. The summed E-state index contributed by atoms with van der Waals surface area (Å²) in [6.07, 6.45) is 0.260. The van der Waals surface area contributed by atoms with E-state index >= 15 is 0 Å². The highest BCUT2D eigenvalue weighted by molar-refractivity contribution is 7.14. The van der Waals surface area contributed by atoms with Crippen LogP contribution in [0.5, 0.6) is 0 Å². The lowest BCUT2D eigenvalue weighted by molar-refractivity contribution is -0.145. The normalized spacial score (nSPS) is 10.6. The minimum Gasteiger partial charge on any atom is -0.459 e. The van der Waals surface area contributed by atoms with Crippen molar-refractivity contribution < 1.29 is 14.3 Å². The molecular formula is C19H17NO3S2. The van der Waals surface area contributed by atoms with Crippen molar-refractivity contribution in [1.29, 1.82) is 0 Å². The molecule has 128 valence electrons. The van der Waals surface area contributed by atoms with Crippen LogP contribution in [-0.2, 0) is 16.1 Å². The highest BCUT2D eigenvalue weighted by atomic mass is 32.1. The van der Waals surface area contributed by atoms with Crippen LogP contribution in [0.4, 0.5) is 0 Å². The average molecular weight is 371 g/mol. The van der Waals surface area contributed by atoms with Crippen molar-refractivity contribution in [3.05, 3.63) is 63.3 Å². The molecule has 0 N–H and O–H groups in total. The molecule has 2 heterocycles. The third-order valence-electron chi connectivity index (χ3n) is 3.52. The van der Waals surface area contributed by atoms with Gasteiger partial charge in [-0.2, -0.15) is 0 Å². The number of rotatable bonds is 7. The van der Waals surface area contributed by atoms with E-state index in [-0.39, 0.29) is 31.2 Å². The second-order valence-corrected chi connectivity index (χ2v) is 7.65. The predicted octanol–water partition coefficient (Wildman–Crippen LogP) is 4.89. The summed E-state index contributed by atoms with van der Waals surface area (Å²) in [5.41, 5.74) is 1.76. The molecule has 0 bridgehead atoms. The molecule has 4 nitrogen and oxygen atoms in total. The van der Waals surface area contributed by atoms with Gasteiger partial charge in [-0.1, -0.05) is 30.3 Å². The molecule has 0 unspecified atom stereocenters. The van der Waals surface area contributed by atoms with Crippen molar-refractivity contribution in [3.63, 3.8) is 0 Å². The number of Topliss-reactive ketones (excluding diaryl/α,β-unsaturated/α-hetero) is 1. The second-order valence-electron chi connectivity index (χ2n) is 5.50. The van der Waals surface area contributed by atoms with E-state index in [1.807, 2.05) is 48.7 Å². The summed E-state index contributed by atoms with van der Waals surface area (Å²) >= 11 is 2.97. The maximum Gasteiger partial charge on any atom is 0.306 e. The Kier molecular flexibility index (Phi) is 5.73. The van der Waals surface area contributed by atoms with Crippen LogP contribution in [-0.4, -0.2) is 16.7 Å². The highest BCUT2D eigenvalue weighted by Crippen LogP contribution is 2.23. The molecule has 2 aromatic heterocycles. The molecule has 6 heteroatoms. The minimum absolute atomic E-state index is 0.0185. The number of carbonyl (C=O) groups excluding carboxylic acids is 2. The first kappa shape index (κ1) is 17.5. The largest absolute Gasteiger partial charge is 0.459 e. The maximum atomic E-state index is 12.0. The molecule has 0 atom stereocenters. The Labute approximate surface area is 154 Å². The Balaban J connectivity index is 1.46. The lowest BCUT2D eigenvalue weighted by Crippen LogP contribution is -2.07. The van der Waals surface area contributed by atoms with Gasteiger partial charge in [0.2, 0.25) is 0 Å². The van der Waals surface area contributed by atoms with Crippen LogP contribution in [0.3, 0.4) is 0 Å². The average Bonchev–Trinajstić information content (AvgIpc) is 3.28. The molecule has 1 aromatic carbocycles. The molecule has 0 saturated heterocycles. The summed E-state index contributed by atoms with van der Waals surface area (Å²) < 4.78 is 5.23. The van der Waals surface area contributed by atoms with E-state index in [9.17, 15) is 9.59 Å². The summed E-state index contributed by atoms with van der Waals surface area (Å²) in [4.78, 5) is 30.1. The van der Waals surface area contributed by atoms with E-state index in [4.69, 9.17) is 4.74 Å². The second kappa shape index (κ2) is 8.18. The summed E-state index contributed by atoms with van der Waals surface area (Å²) in [6, 6.07) is 13.6. The van der Waals surface area contributed by atoms with Gasteiger partial charge >= 0.3 is 5.97 Å². The number of hydrogen-bond acceptors (Lipinski definition) is 6. The topological polar surface area (TPSA) is 56.3 Å². The zero-order valence-corrected chi connectivity index (χ0v) is 15.4. The van der Waals surface area contributed by atoms with E-state index in [0.29, 0.717) is 4.88 Å². The smallest absolute Gasteiger partial charge is 0.306 e. The number of benzene rings is 1. The quantitative estimate of drug-likeness (QED) is 0.438. The van der Waals surface area contributed by atoms with Gasteiger partial charge in [0.1, 0.15) is 11.6 Å². The third-order valence-corrected chi connectivity index (χ3v) is 5.51. The number of esters is 1. The molecule has 0 saturated carbocycles. The van der Waals surface area contributed by atoms with Gasteiger partial charge in [0, 0.05) is 22.2 Å². The number of ether oxygens (including phenoxy) is 1. The van der Waals surface area contributed by atoms with Crippen molar-refractivity contribution >= 4 is 34.4 Å². The van der Waals surface area contributed by atoms with Crippen molar-refractivity contribution in [2.75, 3.05) is 0 Å². The third kappa shape index (κ3) is 4.84. The standard InChI is InChI=1S/C19H17NO3S2/c1-13-7-9-17(25-13)16(21)8-10-18(22)23-11-15-12-24-19(20-15)14-5-3-2-4-6-14/h2-7,9,12H,8,10-11H2,1H3. The van der Waals surface area contributed by atoms with E-state index in [2.05, 4.69) is 4.98 Å². The molecule has 0 aliphatic heterocycles. The van der Waals surface area contributed by atoms with Crippen molar-refractivity contribution in [2.45, 2.75) is 26.4 Å². The first-order valence-corrected chi connectivity index (χ1v) is 9.56. The predicted molar refractivity (Wildman–Crippen MR) is 100.0 cm³/mol. The van der Waals surface area contributed by atoms with Gasteiger partial charge in [-0.05, 0) is 19.1 Å². The van der Waals surface area contributed by atoms with Crippen LogP contribution < -0.4 is 0 Å². The lowest BCUT2D eigenvalue weighted by atomic mass is 10.2. The highest BCUT2D eigenvalue weighted by Gasteiger charge is 2.13. The van der Waals surface area contributed by atoms with Gasteiger partial charge in [-0.15, -0.1) is 22.7 Å². The molecule has 0 spiro atoms. The number of aryl methyl sites for hydroxylation is 1. The molecular weight excluding hydrogens is 354 g/mol. The van der Waals surface area contributed by atoms with E-state index in [1.54, 1.807) is 6.07 Å². The number of nitrogens with zero attached hydrogens (tertiary/aromatic N) is 1. The fourth-order valence-electron chi connectivity index (χ4n) is 2.24. The Bertz CT molecular complexity index is 868. The number of thiazole rings is 1. The van der Waals surface area contributed by atoms with Crippen LogP contribution in [0.25, 0.3) is 10.6 Å². The molecule has 25 heavy (non-hydrogen) atoms. The summed E-state index contributed by atoms with van der Waals surface area (Å²) in [6.45, 7) is 2.09. The van der Waals surface area contributed by atoms with Crippen LogP contribution in [0.2, 0.25) is 0 Å². The monoisotopic (exact) mass is 371 g/mol. The molecule has 0 aliphatic carbocycles. The molecule has 0 amide bonds. The fraction of sp³-hybridized carbons (Fsp3) is 0.211. The minimum atomic E-state index is -0.379. The Morgan fingerprint density at radius 2 is 1.88 bits per heavy atom. The van der Waals surface area contributed by atoms with Crippen molar-refractivity contribution in [2.24, 2.45) is 0 Å².